The number of allylic oxidation sites excluding steroid dienone is 1. The first-order chi connectivity index (χ1) is 9.58. The van der Waals surface area contributed by atoms with Gasteiger partial charge in [0, 0.05) is 11.8 Å². The molecule has 0 bridgehead atoms. The summed E-state index contributed by atoms with van der Waals surface area (Å²) in [4.78, 5) is 11.5. The number of benzene rings is 1. The van der Waals surface area contributed by atoms with Crippen molar-refractivity contribution in [2.75, 3.05) is 7.11 Å². The summed E-state index contributed by atoms with van der Waals surface area (Å²) in [6.45, 7) is 1.75. The number of nitrogens with two attached hydrogens (primary N) is 1. The Hall–Kier alpha value is -2.33. The summed E-state index contributed by atoms with van der Waals surface area (Å²) < 4.78 is 20.7. The summed E-state index contributed by atoms with van der Waals surface area (Å²) in [7, 11) is 1.26. The maximum atomic E-state index is 12.5. The maximum absolute atomic E-state index is 12.5. The highest BCUT2D eigenvalue weighted by Crippen LogP contribution is 2.19. The molecular formula is C13H12FN3O2S. The molecular weight excluding hydrogens is 281 g/mol. The Morgan fingerprint density at radius 1 is 1.60 bits per heavy atom. The number of carbonyl (C=O) groups excluding carboxylic acids is 1. The Morgan fingerprint density at radius 2 is 2.30 bits per heavy atom. The predicted octanol–water partition coefficient (Wildman–Crippen LogP) is 2.47. The summed E-state index contributed by atoms with van der Waals surface area (Å²) in [6, 6.07) is 6.55. The Labute approximate surface area is 120 Å². The van der Waals surface area contributed by atoms with Gasteiger partial charge >= 0.3 is 5.97 Å². The predicted molar refractivity (Wildman–Crippen MR) is 75.6 cm³/mol. The van der Waals surface area contributed by atoms with E-state index < -0.39 is 5.97 Å². The van der Waals surface area contributed by atoms with Crippen LogP contribution in [0.5, 0.6) is 0 Å². The quantitative estimate of drug-likeness (QED) is 0.399. The number of esters is 1. The minimum atomic E-state index is -0.534. The Balaban J connectivity index is 3.45. The van der Waals surface area contributed by atoms with Gasteiger partial charge in [0.05, 0.1) is 18.2 Å². The van der Waals surface area contributed by atoms with Gasteiger partial charge in [-0.2, -0.15) is 9.66 Å². The van der Waals surface area contributed by atoms with Crippen LogP contribution in [0.3, 0.4) is 0 Å². The summed E-state index contributed by atoms with van der Waals surface area (Å²) in [5, 5.41) is 9.00. The van der Waals surface area contributed by atoms with Crippen molar-refractivity contribution in [2.24, 2.45) is 10.1 Å². The van der Waals surface area contributed by atoms with E-state index in [4.69, 9.17) is 11.0 Å². The van der Waals surface area contributed by atoms with Gasteiger partial charge in [0.25, 0.3) is 0 Å². The van der Waals surface area contributed by atoms with Crippen molar-refractivity contribution in [3.63, 3.8) is 0 Å². The van der Waals surface area contributed by atoms with Crippen molar-refractivity contribution >= 4 is 24.0 Å². The first-order valence-corrected chi connectivity index (χ1v) is 6.13. The highest BCUT2D eigenvalue weighted by Gasteiger charge is 2.16. The number of hydrogen-bond acceptors (Lipinski definition) is 6. The SMILES string of the molecule is COC(=O)c1ccc(C)c(C(=N\SF)/C(C#N)=C\N)c1. The number of hydrogen-bond donors (Lipinski definition) is 1. The molecule has 1 aromatic carbocycles. The fourth-order valence-corrected chi connectivity index (χ4v) is 1.83. The van der Waals surface area contributed by atoms with Crippen molar-refractivity contribution in [1.29, 1.82) is 5.26 Å². The third-order valence-electron chi connectivity index (χ3n) is 2.58. The molecule has 0 aliphatic heterocycles. The van der Waals surface area contributed by atoms with Gasteiger partial charge in [-0.25, -0.2) is 4.79 Å². The molecule has 0 saturated carbocycles. The Bertz CT molecular complexity index is 621. The van der Waals surface area contributed by atoms with Gasteiger partial charge < -0.3 is 10.5 Å². The van der Waals surface area contributed by atoms with Crippen LogP contribution in [-0.4, -0.2) is 18.8 Å². The van der Waals surface area contributed by atoms with E-state index in [-0.39, 0.29) is 29.2 Å². The van der Waals surface area contributed by atoms with Crippen LogP contribution < -0.4 is 5.73 Å². The van der Waals surface area contributed by atoms with Gasteiger partial charge in [-0.3, -0.25) is 0 Å². The average Bonchev–Trinajstić information content (AvgIpc) is 2.47. The third-order valence-corrected chi connectivity index (χ3v) is 2.83. The number of ether oxygens (including phenoxy) is 1. The van der Waals surface area contributed by atoms with E-state index in [2.05, 4.69) is 9.13 Å². The van der Waals surface area contributed by atoms with Gasteiger partial charge in [-0.1, -0.05) is 6.07 Å². The van der Waals surface area contributed by atoms with Gasteiger partial charge in [0.2, 0.25) is 0 Å². The van der Waals surface area contributed by atoms with Crippen molar-refractivity contribution in [2.45, 2.75) is 6.92 Å². The number of rotatable bonds is 4. The molecule has 2 N–H and O–H groups in total. The molecule has 7 heteroatoms. The molecule has 0 heterocycles. The zero-order valence-corrected chi connectivity index (χ0v) is 11.7. The normalized spacial score (nSPS) is 11.9. The molecule has 0 aliphatic carbocycles. The van der Waals surface area contributed by atoms with E-state index in [1.54, 1.807) is 19.1 Å². The smallest absolute Gasteiger partial charge is 0.337 e. The van der Waals surface area contributed by atoms with E-state index in [0.29, 0.717) is 5.56 Å². The molecule has 0 aliphatic rings. The number of aryl methyl sites for hydroxylation is 1. The third kappa shape index (κ3) is 3.36. The lowest BCUT2D eigenvalue weighted by atomic mass is 9.97. The second-order valence-electron chi connectivity index (χ2n) is 3.72. The molecule has 104 valence electrons. The molecule has 1 aromatic rings. The topological polar surface area (TPSA) is 88.5 Å². The number of nitriles is 1. The second-order valence-corrected chi connectivity index (χ2v) is 4.04. The highest BCUT2D eigenvalue weighted by atomic mass is 32.2. The molecule has 0 atom stereocenters. The number of carbonyl (C=O) groups is 1. The van der Waals surface area contributed by atoms with Crippen LogP contribution in [0.1, 0.15) is 21.5 Å². The van der Waals surface area contributed by atoms with Crippen molar-refractivity contribution < 1.29 is 13.4 Å². The van der Waals surface area contributed by atoms with E-state index in [0.717, 1.165) is 11.8 Å². The van der Waals surface area contributed by atoms with Gasteiger partial charge in [0.15, 0.2) is 12.3 Å². The van der Waals surface area contributed by atoms with Crippen LogP contribution in [-0.2, 0) is 4.74 Å². The molecule has 5 nitrogen and oxygen atoms in total. The van der Waals surface area contributed by atoms with Crippen molar-refractivity contribution in [3.05, 3.63) is 46.7 Å². The molecule has 0 spiro atoms. The summed E-state index contributed by atoms with van der Waals surface area (Å²) >= 11 is -0.283. The molecule has 0 unspecified atom stereocenters. The van der Waals surface area contributed by atoms with Gasteiger partial charge in [-0.05, 0) is 24.6 Å². The number of methoxy groups -OCH3 is 1. The minimum Gasteiger partial charge on any atom is -0.465 e. The first-order valence-electron chi connectivity index (χ1n) is 5.46. The zero-order chi connectivity index (χ0) is 15.1. The lowest BCUT2D eigenvalue weighted by Crippen LogP contribution is -2.10. The van der Waals surface area contributed by atoms with E-state index in [9.17, 15) is 8.68 Å². The van der Waals surface area contributed by atoms with Crippen molar-refractivity contribution in [3.8, 4) is 6.07 Å². The van der Waals surface area contributed by atoms with Crippen LogP contribution in [0.4, 0.5) is 3.89 Å². The number of halogens is 1. The van der Waals surface area contributed by atoms with Gasteiger partial charge in [-0.15, -0.1) is 3.89 Å². The Kier molecular flexibility index (Phi) is 5.74. The summed E-state index contributed by atoms with van der Waals surface area (Å²) in [5.41, 5.74) is 6.87. The molecule has 1 rings (SSSR count). The standard InChI is InChI=1S/C13H12FN3O2S/c1-8-3-4-9(13(18)19-2)5-11(8)12(17-20-14)10(6-15)7-16/h3-6H,15H2,1-2H3/b10-6-,17-12-. The lowest BCUT2D eigenvalue weighted by Gasteiger charge is -2.09. The van der Waals surface area contributed by atoms with E-state index in [1.165, 1.54) is 13.2 Å². The highest BCUT2D eigenvalue weighted by molar-refractivity contribution is 7.93. The largest absolute Gasteiger partial charge is 0.465 e. The molecule has 20 heavy (non-hydrogen) atoms. The zero-order valence-electron chi connectivity index (χ0n) is 10.9. The first kappa shape index (κ1) is 15.7. The van der Waals surface area contributed by atoms with Gasteiger partial charge in [0.1, 0.15) is 11.8 Å². The van der Waals surface area contributed by atoms with Crippen LogP contribution in [0.25, 0.3) is 0 Å². The lowest BCUT2D eigenvalue weighted by molar-refractivity contribution is 0.0600. The monoisotopic (exact) mass is 293 g/mol. The van der Waals surface area contributed by atoms with Crippen LogP contribution in [0.2, 0.25) is 0 Å². The average molecular weight is 293 g/mol. The molecule has 0 amide bonds. The Morgan fingerprint density at radius 3 is 2.80 bits per heavy atom. The molecule has 0 radical (unpaired) electrons. The summed E-state index contributed by atoms with van der Waals surface area (Å²) in [6.07, 6.45) is 1.04. The minimum absolute atomic E-state index is 0.0141. The van der Waals surface area contributed by atoms with E-state index in [1.807, 2.05) is 6.07 Å². The number of nitrogens with zero attached hydrogens (tertiary/aromatic N) is 2. The van der Waals surface area contributed by atoms with Crippen LogP contribution in [0.15, 0.2) is 34.4 Å². The maximum Gasteiger partial charge on any atom is 0.337 e. The fourth-order valence-electron chi connectivity index (χ4n) is 1.57. The molecule has 0 saturated heterocycles. The van der Waals surface area contributed by atoms with Crippen LogP contribution in [0, 0.1) is 18.3 Å². The van der Waals surface area contributed by atoms with E-state index >= 15 is 0 Å². The second kappa shape index (κ2) is 7.31. The fraction of sp³-hybridized carbons (Fsp3) is 0.154. The molecule has 0 fully saturated rings. The summed E-state index contributed by atoms with van der Waals surface area (Å²) in [5.74, 6) is -0.534. The molecule has 0 aromatic heterocycles. The van der Waals surface area contributed by atoms with Crippen LogP contribution >= 0.6 is 12.3 Å². The van der Waals surface area contributed by atoms with Crippen molar-refractivity contribution in [1.82, 2.24) is 0 Å².